The lowest BCUT2D eigenvalue weighted by Crippen LogP contribution is -2.64. The first-order valence-corrected chi connectivity index (χ1v) is 11.1. The van der Waals surface area contributed by atoms with E-state index >= 15 is 0 Å². The van der Waals surface area contributed by atoms with Crippen LogP contribution < -0.4 is 5.32 Å². The minimum Gasteiger partial charge on any atom is -0.351 e. The zero-order chi connectivity index (χ0) is 21.6. The summed E-state index contributed by atoms with van der Waals surface area (Å²) < 4.78 is 1.91. The second-order valence-electron chi connectivity index (χ2n) is 9.12. The van der Waals surface area contributed by atoms with Crippen molar-refractivity contribution in [1.29, 1.82) is 0 Å². The molecule has 1 aliphatic heterocycles. The molecule has 2 heterocycles. The van der Waals surface area contributed by atoms with E-state index in [1.807, 2.05) is 66.9 Å². The van der Waals surface area contributed by atoms with Crippen LogP contribution in [0, 0.1) is 6.92 Å². The van der Waals surface area contributed by atoms with E-state index in [4.69, 9.17) is 0 Å². The molecule has 1 saturated carbocycles. The molecule has 2 amide bonds. The first-order chi connectivity index (χ1) is 15.0. The number of benzene rings is 2. The third-order valence-corrected chi connectivity index (χ3v) is 6.79. The zero-order valence-electron chi connectivity index (χ0n) is 18.1. The standard InChI is InChI=1S/C25H28N4O2/c1-17-11-13-18(14-12-17)15-29-23(30)22-27-20-9-5-6-10-21(20)28(22)16-25(29,2)24(31)26-19-7-3-4-8-19/h5-6,9-14,19H,3-4,7-8,15-16H2,1-2H3,(H,26,31). The molecule has 1 atom stereocenters. The van der Waals surface area contributed by atoms with Crippen LogP contribution in [0.3, 0.4) is 0 Å². The molecule has 1 aromatic heterocycles. The van der Waals surface area contributed by atoms with Gasteiger partial charge in [-0.05, 0) is 44.4 Å². The van der Waals surface area contributed by atoms with Gasteiger partial charge in [-0.2, -0.15) is 0 Å². The van der Waals surface area contributed by atoms with Crippen LogP contribution in [0.2, 0.25) is 0 Å². The van der Waals surface area contributed by atoms with Crippen LogP contribution in [0.4, 0.5) is 0 Å². The highest BCUT2D eigenvalue weighted by Crippen LogP contribution is 2.32. The number of aromatic nitrogens is 2. The molecule has 0 saturated heterocycles. The first kappa shape index (κ1) is 19.8. The van der Waals surface area contributed by atoms with Crippen molar-refractivity contribution in [1.82, 2.24) is 19.8 Å². The van der Waals surface area contributed by atoms with E-state index in [1.54, 1.807) is 4.90 Å². The number of hydrogen-bond donors (Lipinski definition) is 1. The number of hydrogen-bond acceptors (Lipinski definition) is 3. The Kier molecular flexibility index (Phi) is 4.80. The Morgan fingerprint density at radius 2 is 1.84 bits per heavy atom. The van der Waals surface area contributed by atoms with Gasteiger partial charge in [0.05, 0.1) is 17.6 Å². The van der Waals surface area contributed by atoms with E-state index in [9.17, 15) is 9.59 Å². The molecule has 1 fully saturated rings. The van der Waals surface area contributed by atoms with Crippen LogP contribution in [0.15, 0.2) is 48.5 Å². The maximum Gasteiger partial charge on any atom is 0.291 e. The molecule has 160 valence electrons. The molecule has 1 unspecified atom stereocenters. The third kappa shape index (κ3) is 3.40. The summed E-state index contributed by atoms with van der Waals surface area (Å²) in [6.45, 7) is 4.69. The summed E-state index contributed by atoms with van der Waals surface area (Å²) in [5, 5.41) is 3.24. The second kappa shape index (κ2) is 7.52. The Morgan fingerprint density at radius 3 is 2.58 bits per heavy atom. The lowest BCUT2D eigenvalue weighted by Gasteiger charge is -2.44. The largest absolute Gasteiger partial charge is 0.351 e. The van der Waals surface area contributed by atoms with Crippen molar-refractivity contribution in [2.45, 2.75) is 64.2 Å². The number of amides is 2. The number of para-hydroxylation sites is 2. The van der Waals surface area contributed by atoms with Crippen LogP contribution in [-0.4, -0.2) is 37.8 Å². The fourth-order valence-corrected chi connectivity index (χ4v) is 4.86. The van der Waals surface area contributed by atoms with Crippen LogP contribution in [0.25, 0.3) is 11.0 Å². The van der Waals surface area contributed by atoms with Gasteiger partial charge in [0, 0.05) is 12.6 Å². The molecule has 6 heteroatoms. The van der Waals surface area contributed by atoms with E-state index in [0.717, 1.165) is 47.8 Å². The molecule has 2 aliphatic rings. The maximum atomic E-state index is 13.7. The Hall–Kier alpha value is -3.15. The maximum absolute atomic E-state index is 13.7. The van der Waals surface area contributed by atoms with Crippen molar-refractivity contribution in [3.8, 4) is 0 Å². The van der Waals surface area contributed by atoms with E-state index in [1.165, 1.54) is 0 Å². The fourth-order valence-electron chi connectivity index (χ4n) is 4.86. The van der Waals surface area contributed by atoms with Gasteiger partial charge in [0.1, 0.15) is 5.54 Å². The van der Waals surface area contributed by atoms with E-state index in [0.29, 0.717) is 18.9 Å². The number of carbonyl (C=O) groups excluding carboxylic acids is 2. The molecule has 0 bridgehead atoms. The van der Waals surface area contributed by atoms with Crippen molar-refractivity contribution in [3.63, 3.8) is 0 Å². The van der Waals surface area contributed by atoms with Gasteiger partial charge in [0.25, 0.3) is 5.91 Å². The lowest BCUT2D eigenvalue weighted by molar-refractivity contribution is -0.133. The second-order valence-corrected chi connectivity index (χ2v) is 9.12. The summed E-state index contributed by atoms with van der Waals surface area (Å²) in [5.41, 5.74) is 2.84. The summed E-state index contributed by atoms with van der Waals surface area (Å²) in [6, 6.07) is 16.0. The molecule has 0 radical (unpaired) electrons. The van der Waals surface area contributed by atoms with Gasteiger partial charge >= 0.3 is 0 Å². The van der Waals surface area contributed by atoms with E-state index in [2.05, 4.69) is 10.3 Å². The molecular formula is C25H28N4O2. The SMILES string of the molecule is Cc1ccc(CN2C(=O)c3nc4ccccc4n3CC2(C)C(=O)NC2CCCC2)cc1. The molecule has 0 spiro atoms. The predicted molar refractivity (Wildman–Crippen MR) is 120 cm³/mol. The number of imidazole rings is 1. The van der Waals surface area contributed by atoms with Gasteiger partial charge in [0.15, 0.2) is 5.82 Å². The van der Waals surface area contributed by atoms with Gasteiger partial charge in [-0.15, -0.1) is 0 Å². The first-order valence-electron chi connectivity index (χ1n) is 11.1. The zero-order valence-corrected chi connectivity index (χ0v) is 18.1. The van der Waals surface area contributed by atoms with E-state index < -0.39 is 5.54 Å². The Morgan fingerprint density at radius 1 is 1.13 bits per heavy atom. The van der Waals surface area contributed by atoms with Crippen molar-refractivity contribution < 1.29 is 9.59 Å². The van der Waals surface area contributed by atoms with Gasteiger partial charge in [-0.3, -0.25) is 9.59 Å². The Bertz CT molecular complexity index is 1140. The van der Waals surface area contributed by atoms with Crippen LogP contribution in [0.5, 0.6) is 0 Å². The summed E-state index contributed by atoms with van der Waals surface area (Å²) in [7, 11) is 0. The summed E-state index contributed by atoms with van der Waals surface area (Å²) >= 11 is 0. The van der Waals surface area contributed by atoms with Crippen molar-refractivity contribution in [3.05, 3.63) is 65.5 Å². The summed E-state index contributed by atoms with van der Waals surface area (Å²) in [4.78, 5) is 33.6. The normalized spacial score (nSPS) is 21.5. The topological polar surface area (TPSA) is 67.2 Å². The minimum atomic E-state index is -0.999. The van der Waals surface area contributed by atoms with Gasteiger partial charge in [-0.1, -0.05) is 54.8 Å². The molecule has 1 aliphatic carbocycles. The highest BCUT2D eigenvalue weighted by molar-refractivity contribution is 6.01. The molecule has 1 N–H and O–H groups in total. The van der Waals surface area contributed by atoms with Crippen LogP contribution in [0.1, 0.15) is 54.4 Å². The predicted octanol–water partition coefficient (Wildman–Crippen LogP) is 3.82. The highest BCUT2D eigenvalue weighted by atomic mass is 16.2. The minimum absolute atomic E-state index is 0.0803. The van der Waals surface area contributed by atoms with Crippen molar-refractivity contribution >= 4 is 22.8 Å². The third-order valence-electron chi connectivity index (χ3n) is 6.79. The fraction of sp³-hybridized carbons (Fsp3) is 0.400. The average molecular weight is 417 g/mol. The van der Waals surface area contributed by atoms with Gasteiger partial charge in [-0.25, -0.2) is 4.98 Å². The number of carbonyl (C=O) groups is 2. The quantitative estimate of drug-likeness (QED) is 0.703. The van der Waals surface area contributed by atoms with E-state index in [-0.39, 0.29) is 17.9 Å². The Balaban J connectivity index is 1.56. The number of fused-ring (bicyclic) bond motifs is 3. The highest BCUT2D eigenvalue weighted by Gasteiger charge is 2.48. The molecule has 31 heavy (non-hydrogen) atoms. The molecule has 6 nitrogen and oxygen atoms in total. The smallest absolute Gasteiger partial charge is 0.291 e. The number of rotatable bonds is 4. The number of nitrogens with zero attached hydrogens (tertiary/aromatic N) is 3. The average Bonchev–Trinajstić information content (AvgIpc) is 3.40. The number of nitrogens with one attached hydrogen (secondary N) is 1. The number of aryl methyl sites for hydroxylation is 1. The lowest BCUT2D eigenvalue weighted by atomic mass is 9.93. The van der Waals surface area contributed by atoms with Gasteiger partial charge in [0.2, 0.25) is 5.91 Å². The molecule has 5 rings (SSSR count). The van der Waals surface area contributed by atoms with Crippen molar-refractivity contribution in [2.24, 2.45) is 0 Å². The Labute approximate surface area is 182 Å². The molecular weight excluding hydrogens is 388 g/mol. The van der Waals surface area contributed by atoms with Crippen LogP contribution >= 0.6 is 0 Å². The monoisotopic (exact) mass is 416 g/mol. The summed E-state index contributed by atoms with van der Waals surface area (Å²) in [5.74, 6) is 0.120. The molecule has 3 aromatic rings. The summed E-state index contributed by atoms with van der Waals surface area (Å²) in [6.07, 6.45) is 4.30. The van der Waals surface area contributed by atoms with Gasteiger partial charge < -0.3 is 14.8 Å². The van der Waals surface area contributed by atoms with Crippen molar-refractivity contribution in [2.75, 3.05) is 0 Å². The molecule has 2 aromatic carbocycles. The van der Waals surface area contributed by atoms with Crippen LogP contribution in [-0.2, 0) is 17.9 Å².